The Balaban J connectivity index is 1.57. The van der Waals surface area contributed by atoms with Gasteiger partial charge in [0.05, 0.1) is 24.7 Å². The molecule has 0 saturated heterocycles. The number of nitrogens with zero attached hydrogens (tertiary/aromatic N) is 4. The summed E-state index contributed by atoms with van der Waals surface area (Å²) >= 11 is 1.49. The molecule has 0 aliphatic rings. The highest BCUT2D eigenvalue weighted by Crippen LogP contribution is 2.34. The number of unbranched alkanes of at least 4 members (excludes halogenated alkanes) is 1. The van der Waals surface area contributed by atoms with Gasteiger partial charge in [-0.3, -0.25) is 9.69 Å². The zero-order valence-corrected chi connectivity index (χ0v) is 19.8. The molecular formula is C25H28N4O3S. The van der Waals surface area contributed by atoms with Crippen molar-refractivity contribution in [2.45, 2.75) is 32.7 Å². The van der Waals surface area contributed by atoms with Gasteiger partial charge in [-0.1, -0.05) is 30.7 Å². The van der Waals surface area contributed by atoms with Crippen LogP contribution in [0.2, 0.25) is 0 Å². The van der Waals surface area contributed by atoms with Crippen LogP contribution in [-0.4, -0.2) is 40.7 Å². The van der Waals surface area contributed by atoms with E-state index >= 15 is 0 Å². The quantitative estimate of drug-likeness (QED) is 0.277. The summed E-state index contributed by atoms with van der Waals surface area (Å²) in [6.07, 6.45) is 8.32. The number of amides is 1. The van der Waals surface area contributed by atoms with Crippen molar-refractivity contribution < 1.29 is 14.3 Å². The highest BCUT2D eigenvalue weighted by atomic mass is 32.1. The summed E-state index contributed by atoms with van der Waals surface area (Å²) in [5.74, 6) is 1.39. The lowest BCUT2D eigenvalue weighted by molar-refractivity contribution is 0.0986. The lowest BCUT2D eigenvalue weighted by atomic mass is 10.2. The Kier molecular flexibility index (Phi) is 7.57. The van der Waals surface area contributed by atoms with Crippen LogP contribution < -0.4 is 14.4 Å². The van der Waals surface area contributed by atoms with Gasteiger partial charge in [-0.2, -0.15) is 0 Å². The fourth-order valence-electron chi connectivity index (χ4n) is 3.49. The number of carbonyl (C=O) groups is 1. The maximum Gasteiger partial charge on any atom is 0.260 e. The monoisotopic (exact) mass is 464 g/mol. The van der Waals surface area contributed by atoms with Gasteiger partial charge in [0.25, 0.3) is 5.91 Å². The normalized spacial score (nSPS) is 11.0. The Hall–Kier alpha value is -3.39. The number of para-hydroxylation sites is 1. The zero-order chi connectivity index (χ0) is 23.0. The third-order valence-electron chi connectivity index (χ3n) is 5.29. The van der Waals surface area contributed by atoms with Gasteiger partial charge in [-0.15, -0.1) is 0 Å². The standard InChI is InChI=1S/C25H28N4O3S/c1-3-4-17-32-20-11-9-19(10-12-20)24(30)29(15-6-14-28-16-13-26-18-28)25-27-23-21(31-2)7-5-8-22(23)33-25/h5,7-13,16,18H,3-4,6,14-15,17H2,1-2H3. The van der Waals surface area contributed by atoms with E-state index < -0.39 is 0 Å². The smallest absolute Gasteiger partial charge is 0.260 e. The number of imidazole rings is 1. The number of hydrogen-bond acceptors (Lipinski definition) is 6. The van der Waals surface area contributed by atoms with Crippen LogP contribution in [0.5, 0.6) is 11.5 Å². The van der Waals surface area contributed by atoms with Crippen molar-refractivity contribution in [1.82, 2.24) is 14.5 Å². The van der Waals surface area contributed by atoms with Crippen molar-refractivity contribution >= 4 is 32.6 Å². The van der Waals surface area contributed by atoms with Crippen LogP contribution in [0.15, 0.2) is 61.2 Å². The molecule has 0 spiro atoms. The molecule has 2 aromatic carbocycles. The highest BCUT2D eigenvalue weighted by molar-refractivity contribution is 7.22. The van der Waals surface area contributed by atoms with Crippen molar-refractivity contribution in [3.05, 3.63) is 66.7 Å². The third kappa shape index (κ3) is 5.51. The Labute approximate surface area is 197 Å². The Morgan fingerprint density at radius 3 is 2.73 bits per heavy atom. The molecule has 33 heavy (non-hydrogen) atoms. The van der Waals surface area contributed by atoms with Gasteiger partial charge in [0.1, 0.15) is 17.0 Å². The number of fused-ring (bicyclic) bond motifs is 1. The molecule has 4 aromatic rings. The van der Waals surface area contributed by atoms with Crippen molar-refractivity contribution in [3.63, 3.8) is 0 Å². The molecule has 172 valence electrons. The molecule has 0 radical (unpaired) electrons. The van der Waals surface area contributed by atoms with Crippen LogP contribution in [0.1, 0.15) is 36.5 Å². The number of aromatic nitrogens is 3. The summed E-state index contributed by atoms with van der Waals surface area (Å²) in [5, 5.41) is 0.661. The third-order valence-corrected chi connectivity index (χ3v) is 6.34. The average molecular weight is 465 g/mol. The topological polar surface area (TPSA) is 69.5 Å². The first-order chi connectivity index (χ1) is 16.2. The maximum atomic E-state index is 13.5. The molecule has 0 saturated carbocycles. The van der Waals surface area contributed by atoms with E-state index in [0.717, 1.165) is 41.8 Å². The SMILES string of the molecule is CCCCOc1ccc(C(=O)N(CCCn2ccnc2)c2nc3c(OC)cccc3s2)cc1. The molecule has 1 amide bonds. The van der Waals surface area contributed by atoms with Gasteiger partial charge in [0.15, 0.2) is 5.13 Å². The summed E-state index contributed by atoms with van der Waals surface area (Å²) < 4.78 is 14.2. The molecule has 8 heteroatoms. The Morgan fingerprint density at radius 2 is 2.00 bits per heavy atom. The van der Waals surface area contributed by atoms with Gasteiger partial charge < -0.3 is 14.0 Å². The number of hydrogen-bond donors (Lipinski definition) is 0. The molecule has 2 aromatic heterocycles. The molecule has 7 nitrogen and oxygen atoms in total. The molecule has 0 unspecified atom stereocenters. The number of thiazole rings is 1. The predicted octanol–water partition coefficient (Wildman–Crippen LogP) is 5.42. The lowest BCUT2D eigenvalue weighted by Crippen LogP contribution is -2.32. The lowest BCUT2D eigenvalue weighted by Gasteiger charge is -2.20. The fourth-order valence-corrected chi connectivity index (χ4v) is 4.50. The first kappa shape index (κ1) is 22.8. The van der Waals surface area contributed by atoms with E-state index in [9.17, 15) is 4.79 Å². The van der Waals surface area contributed by atoms with Gasteiger partial charge >= 0.3 is 0 Å². The van der Waals surface area contributed by atoms with Gasteiger partial charge in [0.2, 0.25) is 0 Å². The first-order valence-corrected chi connectivity index (χ1v) is 11.9. The Bertz CT molecular complexity index is 1170. The first-order valence-electron chi connectivity index (χ1n) is 11.1. The van der Waals surface area contributed by atoms with Crippen LogP contribution in [0.3, 0.4) is 0 Å². The number of ether oxygens (including phenoxy) is 2. The van der Waals surface area contributed by atoms with Crippen LogP contribution in [0.25, 0.3) is 10.2 Å². The van der Waals surface area contributed by atoms with Gasteiger partial charge in [-0.05, 0) is 49.2 Å². The minimum Gasteiger partial charge on any atom is -0.494 e. The van der Waals surface area contributed by atoms with E-state index in [0.29, 0.717) is 29.6 Å². The van der Waals surface area contributed by atoms with Crippen LogP contribution >= 0.6 is 11.3 Å². The van der Waals surface area contributed by atoms with E-state index in [-0.39, 0.29) is 5.91 Å². The second kappa shape index (κ2) is 11.0. The molecule has 0 bridgehead atoms. The predicted molar refractivity (Wildman–Crippen MR) is 132 cm³/mol. The molecule has 0 atom stereocenters. The highest BCUT2D eigenvalue weighted by Gasteiger charge is 2.22. The number of aryl methyl sites for hydroxylation is 1. The summed E-state index contributed by atoms with van der Waals surface area (Å²) in [5.41, 5.74) is 1.37. The number of anilines is 1. The van der Waals surface area contributed by atoms with Crippen LogP contribution in [-0.2, 0) is 6.54 Å². The van der Waals surface area contributed by atoms with Gasteiger partial charge in [0, 0.05) is 31.0 Å². The van der Waals surface area contributed by atoms with E-state index in [2.05, 4.69) is 11.9 Å². The molecule has 4 rings (SSSR count). The Morgan fingerprint density at radius 1 is 1.15 bits per heavy atom. The number of carbonyl (C=O) groups excluding carboxylic acids is 1. The second-order valence-electron chi connectivity index (χ2n) is 7.64. The largest absolute Gasteiger partial charge is 0.494 e. The fraction of sp³-hybridized carbons (Fsp3) is 0.320. The molecule has 0 N–H and O–H groups in total. The van der Waals surface area contributed by atoms with Gasteiger partial charge in [-0.25, -0.2) is 9.97 Å². The van der Waals surface area contributed by atoms with E-state index in [1.165, 1.54) is 11.3 Å². The second-order valence-corrected chi connectivity index (χ2v) is 8.65. The maximum absolute atomic E-state index is 13.5. The van der Waals surface area contributed by atoms with Crippen molar-refractivity contribution in [1.29, 1.82) is 0 Å². The molecule has 0 aliphatic heterocycles. The summed E-state index contributed by atoms with van der Waals surface area (Å²) in [7, 11) is 1.63. The van der Waals surface area contributed by atoms with Crippen molar-refractivity contribution in [3.8, 4) is 11.5 Å². The summed E-state index contributed by atoms with van der Waals surface area (Å²) in [4.78, 5) is 24.2. The number of benzene rings is 2. The van der Waals surface area contributed by atoms with Crippen LogP contribution in [0.4, 0.5) is 5.13 Å². The van der Waals surface area contributed by atoms with Crippen LogP contribution in [0, 0.1) is 0 Å². The van der Waals surface area contributed by atoms with E-state index in [1.807, 2.05) is 53.2 Å². The molecule has 2 heterocycles. The average Bonchev–Trinajstić information content (AvgIpc) is 3.52. The zero-order valence-electron chi connectivity index (χ0n) is 18.9. The summed E-state index contributed by atoms with van der Waals surface area (Å²) in [6, 6.07) is 13.2. The number of rotatable bonds is 11. The molecular weight excluding hydrogens is 436 g/mol. The van der Waals surface area contributed by atoms with E-state index in [4.69, 9.17) is 14.5 Å². The van der Waals surface area contributed by atoms with Crippen molar-refractivity contribution in [2.75, 3.05) is 25.2 Å². The summed E-state index contributed by atoms with van der Waals surface area (Å²) in [6.45, 7) is 4.11. The van der Waals surface area contributed by atoms with E-state index in [1.54, 1.807) is 24.5 Å². The minimum absolute atomic E-state index is 0.0845. The molecule has 0 fully saturated rings. The number of methoxy groups -OCH3 is 1. The molecule has 0 aliphatic carbocycles. The van der Waals surface area contributed by atoms with Crippen molar-refractivity contribution in [2.24, 2.45) is 0 Å². The minimum atomic E-state index is -0.0845.